The zero-order valence-corrected chi connectivity index (χ0v) is 8.37. The predicted molar refractivity (Wildman–Crippen MR) is 54.1 cm³/mol. The summed E-state index contributed by atoms with van der Waals surface area (Å²) in [6.07, 6.45) is 2.14. The van der Waals surface area contributed by atoms with E-state index in [4.69, 9.17) is 11.6 Å². The Bertz CT molecular complexity index is 458. The van der Waals surface area contributed by atoms with Gasteiger partial charge in [0, 0.05) is 11.8 Å². The summed E-state index contributed by atoms with van der Waals surface area (Å²) < 4.78 is 13.1. The molecule has 1 heterocycles. The maximum absolute atomic E-state index is 13.1. The van der Waals surface area contributed by atoms with Crippen LogP contribution in [0.1, 0.15) is 17.2 Å². The van der Waals surface area contributed by atoms with Gasteiger partial charge in [-0.2, -0.15) is 5.10 Å². The average molecular weight is 227 g/mol. The highest BCUT2D eigenvalue weighted by Gasteiger charge is 2.12. The van der Waals surface area contributed by atoms with Gasteiger partial charge >= 0.3 is 0 Å². The Labute approximate surface area is 90.5 Å². The first-order chi connectivity index (χ1) is 7.18. The predicted octanol–water partition coefficient (Wildman–Crippen LogP) is 2.28. The molecular weight excluding hydrogens is 219 g/mol. The summed E-state index contributed by atoms with van der Waals surface area (Å²) in [6.45, 7) is 0. The van der Waals surface area contributed by atoms with E-state index >= 15 is 0 Å². The van der Waals surface area contributed by atoms with Gasteiger partial charge in [0.15, 0.2) is 0 Å². The normalized spacial score (nSPS) is 12.7. The minimum absolute atomic E-state index is 0.0399. The molecule has 0 aliphatic carbocycles. The topological polar surface area (TPSA) is 48.9 Å². The van der Waals surface area contributed by atoms with Crippen molar-refractivity contribution in [2.45, 2.75) is 6.10 Å². The minimum Gasteiger partial charge on any atom is -0.384 e. The number of aliphatic hydroxyl groups excluding tert-OH is 1. The van der Waals surface area contributed by atoms with Gasteiger partial charge in [0.25, 0.3) is 0 Å². The second kappa shape index (κ2) is 4.00. The molecule has 0 radical (unpaired) electrons. The first-order valence-corrected chi connectivity index (χ1v) is 4.68. The first-order valence-electron chi connectivity index (χ1n) is 4.30. The lowest BCUT2D eigenvalue weighted by Crippen LogP contribution is -1.98. The molecule has 2 N–H and O–H groups in total. The molecule has 0 aliphatic rings. The molecule has 3 nitrogen and oxygen atoms in total. The lowest BCUT2D eigenvalue weighted by molar-refractivity contribution is 0.220. The van der Waals surface area contributed by atoms with Crippen LogP contribution in [-0.2, 0) is 0 Å². The van der Waals surface area contributed by atoms with Crippen molar-refractivity contribution in [3.63, 3.8) is 0 Å². The Kier molecular flexibility index (Phi) is 2.70. The molecule has 0 bridgehead atoms. The smallest absolute Gasteiger partial charge is 0.142 e. The quantitative estimate of drug-likeness (QED) is 0.826. The summed E-state index contributed by atoms with van der Waals surface area (Å²) in [5.41, 5.74) is 1.02. The molecule has 0 amide bonds. The van der Waals surface area contributed by atoms with Gasteiger partial charge in [-0.15, -0.1) is 0 Å². The van der Waals surface area contributed by atoms with Crippen LogP contribution >= 0.6 is 11.6 Å². The average Bonchev–Trinajstić information content (AvgIpc) is 2.74. The Morgan fingerprint density at radius 2 is 2.20 bits per heavy atom. The lowest BCUT2D eigenvalue weighted by Gasteiger charge is -2.08. The number of aromatic nitrogens is 2. The van der Waals surface area contributed by atoms with Crippen molar-refractivity contribution in [3.05, 3.63) is 52.6 Å². The van der Waals surface area contributed by atoms with Crippen LogP contribution in [0.2, 0.25) is 5.02 Å². The van der Waals surface area contributed by atoms with Crippen molar-refractivity contribution in [3.8, 4) is 0 Å². The van der Waals surface area contributed by atoms with Gasteiger partial charge in [0.1, 0.15) is 11.9 Å². The largest absolute Gasteiger partial charge is 0.384 e. The lowest BCUT2D eigenvalue weighted by atomic mass is 10.0. The van der Waals surface area contributed by atoms with E-state index < -0.39 is 11.9 Å². The minimum atomic E-state index is -0.893. The summed E-state index contributed by atoms with van der Waals surface area (Å²) in [5.74, 6) is -0.545. The van der Waals surface area contributed by atoms with Crippen LogP contribution in [0, 0.1) is 5.82 Å². The molecule has 0 saturated carbocycles. The third-order valence-corrected chi connectivity index (χ3v) is 2.40. The number of aromatic amines is 1. The van der Waals surface area contributed by atoms with Crippen molar-refractivity contribution in [2.24, 2.45) is 0 Å². The van der Waals surface area contributed by atoms with E-state index in [1.54, 1.807) is 12.3 Å². The molecule has 5 heteroatoms. The van der Waals surface area contributed by atoms with E-state index in [9.17, 15) is 9.50 Å². The fourth-order valence-corrected chi connectivity index (χ4v) is 1.40. The van der Waals surface area contributed by atoms with Crippen molar-refractivity contribution in [1.29, 1.82) is 0 Å². The van der Waals surface area contributed by atoms with Crippen molar-refractivity contribution in [1.82, 2.24) is 10.2 Å². The first kappa shape index (κ1) is 10.1. The van der Waals surface area contributed by atoms with Crippen molar-refractivity contribution in [2.75, 3.05) is 0 Å². The molecule has 1 aromatic carbocycles. The fourth-order valence-electron chi connectivity index (χ4n) is 1.29. The third-order valence-electron chi connectivity index (χ3n) is 2.09. The molecule has 0 saturated heterocycles. The number of halogens is 2. The molecular formula is C10H8ClFN2O. The van der Waals surface area contributed by atoms with Crippen molar-refractivity contribution >= 4 is 11.6 Å². The van der Waals surface area contributed by atoms with E-state index in [-0.39, 0.29) is 5.02 Å². The maximum Gasteiger partial charge on any atom is 0.142 e. The highest BCUT2D eigenvalue weighted by molar-refractivity contribution is 6.30. The van der Waals surface area contributed by atoms with E-state index in [0.29, 0.717) is 11.1 Å². The fraction of sp³-hybridized carbons (Fsp3) is 0.100. The highest BCUT2D eigenvalue weighted by Crippen LogP contribution is 2.24. The molecule has 0 fully saturated rings. The van der Waals surface area contributed by atoms with Crippen LogP contribution in [0.5, 0.6) is 0 Å². The van der Waals surface area contributed by atoms with Gasteiger partial charge in [0.2, 0.25) is 0 Å². The van der Waals surface area contributed by atoms with Crippen LogP contribution in [0.25, 0.3) is 0 Å². The van der Waals surface area contributed by atoms with Crippen LogP contribution in [0.15, 0.2) is 30.6 Å². The number of aliphatic hydroxyl groups is 1. The van der Waals surface area contributed by atoms with Crippen molar-refractivity contribution < 1.29 is 9.50 Å². The van der Waals surface area contributed by atoms with Gasteiger partial charge in [-0.1, -0.05) is 17.7 Å². The summed E-state index contributed by atoms with van der Waals surface area (Å²) in [7, 11) is 0. The van der Waals surface area contributed by atoms with Gasteiger partial charge in [0.05, 0.1) is 11.2 Å². The summed E-state index contributed by atoms with van der Waals surface area (Å²) in [6, 6.07) is 4.19. The van der Waals surface area contributed by atoms with Crippen LogP contribution in [-0.4, -0.2) is 15.3 Å². The van der Waals surface area contributed by atoms with Crippen LogP contribution < -0.4 is 0 Å². The second-order valence-corrected chi connectivity index (χ2v) is 3.51. The highest BCUT2D eigenvalue weighted by atomic mass is 35.5. The van der Waals surface area contributed by atoms with Crippen LogP contribution in [0.3, 0.4) is 0 Å². The molecule has 1 unspecified atom stereocenters. The van der Waals surface area contributed by atoms with Gasteiger partial charge in [-0.3, -0.25) is 5.10 Å². The maximum atomic E-state index is 13.1. The van der Waals surface area contributed by atoms with Gasteiger partial charge < -0.3 is 5.11 Å². The standard InChI is InChI=1S/C10H8ClFN2O/c11-8-2-1-6(3-9(8)12)10(15)7-4-13-14-5-7/h1-5,10,15H,(H,13,14). The number of benzene rings is 1. The Balaban J connectivity index is 2.34. The number of nitrogens with one attached hydrogen (secondary N) is 1. The Hall–Kier alpha value is -1.39. The zero-order valence-electron chi connectivity index (χ0n) is 7.61. The molecule has 2 rings (SSSR count). The molecule has 2 aromatic rings. The third kappa shape index (κ3) is 2.00. The number of H-pyrrole nitrogens is 1. The monoisotopic (exact) mass is 226 g/mol. The number of hydrogen-bond donors (Lipinski definition) is 2. The SMILES string of the molecule is OC(c1cn[nH]c1)c1ccc(Cl)c(F)c1. The summed E-state index contributed by atoms with van der Waals surface area (Å²) >= 11 is 5.54. The Morgan fingerprint density at radius 3 is 2.80 bits per heavy atom. The molecule has 0 spiro atoms. The van der Waals surface area contributed by atoms with Gasteiger partial charge in [-0.05, 0) is 17.7 Å². The molecule has 78 valence electrons. The second-order valence-electron chi connectivity index (χ2n) is 3.11. The van der Waals surface area contributed by atoms with E-state index in [1.807, 2.05) is 0 Å². The zero-order chi connectivity index (χ0) is 10.8. The number of hydrogen-bond acceptors (Lipinski definition) is 2. The number of rotatable bonds is 2. The molecule has 15 heavy (non-hydrogen) atoms. The summed E-state index contributed by atoms with van der Waals surface area (Å²) in [5, 5.41) is 16.1. The van der Waals surface area contributed by atoms with Gasteiger partial charge in [-0.25, -0.2) is 4.39 Å². The van der Waals surface area contributed by atoms with Crippen LogP contribution in [0.4, 0.5) is 4.39 Å². The molecule has 1 aromatic heterocycles. The van der Waals surface area contributed by atoms with E-state index in [1.165, 1.54) is 18.3 Å². The summed E-state index contributed by atoms with van der Waals surface area (Å²) in [4.78, 5) is 0. The molecule has 1 atom stereocenters. The van der Waals surface area contributed by atoms with E-state index in [2.05, 4.69) is 10.2 Å². The number of nitrogens with zero attached hydrogens (tertiary/aromatic N) is 1. The molecule has 0 aliphatic heterocycles. The Morgan fingerprint density at radius 1 is 1.40 bits per heavy atom. The van der Waals surface area contributed by atoms with E-state index in [0.717, 1.165) is 0 Å².